The molecule has 0 radical (unpaired) electrons. The molecule has 6 nitrogen and oxygen atoms in total. The van der Waals surface area contributed by atoms with Crippen molar-refractivity contribution in [3.8, 4) is 23.0 Å². The zero-order valence-corrected chi connectivity index (χ0v) is 27.6. The summed E-state index contributed by atoms with van der Waals surface area (Å²) >= 11 is 24.0. The quantitative estimate of drug-likeness (QED) is 0.138. The van der Waals surface area contributed by atoms with Gasteiger partial charge in [0.2, 0.25) is 0 Å². The van der Waals surface area contributed by atoms with E-state index in [1.807, 2.05) is 36.4 Å². The fourth-order valence-corrected chi connectivity index (χ4v) is 6.09. The minimum atomic E-state index is -0.219. The Hall–Kier alpha value is -3.42. The molecule has 0 bridgehead atoms. The Bertz CT molecular complexity index is 1600. The molecule has 0 saturated heterocycles. The molecule has 4 aromatic carbocycles. The predicted molar refractivity (Wildman–Crippen MR) is 178 cm³/mol. The second-order valence-corrected chi connectivity index (χ2v) is 12.3. The highest BCUT2D eigenvalue weighted by Gasteiger charge is 2.28. The Kier molecular flexibility index (Phi) is 10.8. The Balaban J connectivity index is 1.20. The molecule has 0 heterocycles. The van der Waals surface area contributed by atoms with Gasteiger partial charge in [-0.15, -0.1) is 0 Å². The van der Waals surface area contributed by atoms with Crippen molar-refractivity contribution in [1.29, 1.82) is 0 Å². The van der Waals surface area contributed by atoms with E-state index >= 15 is 0 Å². The van der Waals surface area contributed by atoms with E-state index in [9.17, 15) is 9.59 Å². The van der Waals surface area contributed by atoms with Crippen molar-refractivity contribution in [3.05, 3.63) is 115 Å². The summed E-state index contributed by atoms with van der Waals surface area (Å²) in [6.45, 7) is -0.325. The van der Waals surface area contributed by atoms with Gasteiger partial charge in [-0.25, -0.2) is 0 Å². The number of halogens is 4. The molecule has 4 aromatic rings. The molecule has 0 spiro atoms. The van der Waals surface area contributed by atoms with Crippen LogP contribution in [-0.2, 0) is 0 Å². The lowest BCUT2D eigenvalue weighted by Crippen LogP contribution is -2.12. The van der Waals surface area contributed by atoms with Crippen molar-refractivity contribution >= 4 is 58.0 Å². The number of benzene rings is 4. The average Bonchev–Trinajstić information content (AvgIpc) is 3.55. The number of hydrogen-bond donors (Lipinski definition) is 0. The van der Waals surface area contributed by atoms with Crippen LogP contribution in [0, 0.1) is 0 Å². The maximum absolute atomic E-state index is 12.6. The summed E-state index contributed by atoms with van der Waals surface area (Å²) in [5, 5.41) is 1.40. The number of hydrogen-bond acceptors (Lipinski definition) is 6. The lowest BCUT2D eigenvalue weighted by atomic mass is 9.92. The third-order valence-electron chi connectivity index (χ3n) is 7.95. The first kappa shape index (κ1) is 33.0. The Morgan fingerprint density at radius 3 is 1.38 bits per heavy atom. The highest BCUT2D eigenvalue weighted by molar-refractivity contribution is 6.42. The van der Waals surface area contributed by atoms with Gasteiger partial charge in [0.1, 0.15) is 0 Å². The van der Waals surface area contributed by atoms with Crippen molar-refractivity contribution in [2.24, 2.45) is 0 Å². The minimum Gasteiger partial charge on any atom is -0.493 e. The van der Waals surface area contributed by atoms with Crippen molar-refractivity contribution in [2.75, 3.05) is 27.4 Å². The highest BCUT2D eigenvalue weighted by atomic mass is 35.5. The van der Waals surface area contributed by atoms with Gasteiger partial charge in [0.05, 0.1) is 34.3 Å². The van der Waals surface area contributed by atoms with Gasteiger partial charge in [-0.1, -0.05) is 58.5 Å². The van der Waals surface area contributed by atoms with Crippen molar-refractivity contribution in [1.82, 2.24) is 0 Å². The summed E-state index contributed by atoms with van der Waals surface area (Å²) in [6.07, 6.45) is 2.95. The molecule has 2 atom stereocenters. The molecule has 1 aliphatic rings. The molecule has 1 fully saturated rings. The topological polar surface area (TPSA) is 71.1 Å². The summed E-state index contributed by atoms with van der Waals surface area (Å²) in [5.74, 6) is 2.31. The van der Waals surface area contributed by atoms with Gasteiger partial charge in [-0.05, 0) is 103 Å². The van der Waals surface area contributed by atoms with E-state index in [0.717, 1.165) is 30.4 Å². The first-order chi connectivity index (χ1) is 21.7. The Morgan fingerprint density at radius 2 is 1.00 bits per heavy atom. The smallest absolute Gasteiger partial charge is 0.200 e. The molecule has 10 heteroatoms. The minimum absolute atomic E-state index is 0.162. The predicted octanol–water partition coefficient (Wildman–Crippen LogP) is 9.89. The molecule has 45 heavy (non-hydrogen) atoms. The average molecular weight is 688 g/mol. The fraction of sp³-hybridized carbons (Fsp3) is 0.257. The number of methoxy groups -OCH3 is 2. The van der Waals surface area contributed by atoms with Gasteiger partial charge >= 0.3 is 0 Å². The SMILES string of the molecule is COc1cc(C2CC[C@H](c3ccc(OCC(=O)c4ccc(Cl)c(Cl)c4)c(OC)c3)C2)ccc1OCC(=O)c1ccc(Cl)c(Cl)c1. The maximum Gasteiger partial charge on any atom is 0.200 e. The third-order valence-corrected chi connectivity index (χ3v) is 9.43. The zero-order chi connectivity index (χ0) is 32.1. The van der Waals surface area contributed by atoms with Gasteiger partial charge in [0.15, 0.2) is 47.8 Å². The van der Waals surface area contributed by atoms with Gasteiger partial charge < -0.3 is 18.9 Å². The summed E-state index contributed by atoms with van der Waals surface area (Å²) in [5.41, 5.74) is 3.13. The van der Waals surface area contributed by atoms with Crippen LogP contribution in [-0.4, -0.2) is 39.0 Å². The third kappa shape index (κ3) is 7.87. The number of carbonyl (C=O) groups is 2. The molecule has 0 aromatic heterocycles. The standard InChI is InChI=1S/C35H30Cl4O6/c1-42-34-16-22(7-11-32(34)44-18-30(40)24-5-9-26(36)28(38)14-24)20-3-4-21(13-20)23-8-12-33(35(17-23)43-2)45-19-31(41)25-6-10-27(37)29(39)15-25/h5-12,14-17,20-21H,3-4,13,18-19H2,1-2H3/t20-,21?/m0/s1. The number of Topliss-reactive ketones (excluding diaryl/α,β-unsaturated/α-hetero) is 2. The first-order valence-electron chi connectivity index (χ1n) is 14.2. The van der Waals surface area contributed by atoms with E-state index in [-0.39, 0.29) is 24.8 Å². The van der Waals surface area contributed by atoms with Gasteiger partial charge in [-0.3, -0.25) is 9.59 Å². The highest BCUT2D eigenvalue weighted by Crippen LogP contribution is 2.46. The first-order valence-corrected chi connectivity index (χ1v) is 15.8. The van der Waals surface area contributed by atoms with Gasteiger partial charge in [0.25, 0.3) is 0 Å². The van der Waals surface area contributed by atoms with Crippen LogP contribution < -0.4 is 18.9 Å². The number of ketones is 2. The number of rotatable bonds is 12. The fourth-order valence-electron chi connectivity index (χ4n) is 5.49. The van der Waals surface area contributed by atoms with Crippen LogP contribution in [0.1, 0.15) is 62.9 Å². The van der Waals surface area contributed by atoms with Crippen molar-refractivity contribution in [2.45, 2.75) is 31.1 Å². The molecular formula is C35H30Cl4O6. The van der Waals surface area contributed by atoms with Gasteiger partial charge in [0, 0.05) is 11.1 Å². The molecule has 0 amide bonds. The van der Waals surface area contributed by atoms with Crippen LogP contribution in [0.15, 0.2) is 72.8 Å². The molecule has 234 valence electrons. The monoisotopic (exact) mass is 686 g/mol. The molecule has 1 saturated carbocycles. The largest absolute Gasteiger partial charge is 0.493 e. The summed E-state index contributed by atoms with van der Waals surface area (Å²) < 4.78 is 22.9. The van der Waals surface area contributed by atoms with Crippen LogP contribution >= 0.6 is 46.4 Å². The van der Waals surface area contributed by atoms with E-state index in [1.54, 1.807) is 38.5 Å². The van der Waals surface area contributed by atoms with E-state index in [0.29, 0.717) is 66.1 Å². The second-order valence-electron chi connectivity index (χ2n) is 10.7. The molecule has 1 unspecified atom stereocenters. The van der Waals surface area contributed by atoms with E-state index in [2.05, 4.69) is 0 Å². The number of ether oxygens (including phenoxy) is 4. The Morgan fingerprint density at radius 1 is 0.578 bits per heavy atom. The molecule has 0 N–H and O–H groups in total. The molecular weight excluding hydrogens is 658 g/mol. The van der Waals surface area contributed by atoms with E-state index in [4.69, 9.17) is 65.4 Å². The zero-order valence-electron chi connectivity index (χ0n) is 24.6. The van der Waals surface area contributed by atoms with Gasteiger partial charge in [-0.2, -0.15) is 0 Å². The van der Waals surface area contributed by atoms with E-state index in [1.165, 1.54) is 12.1 Å². The van der Waals surface area contributed by atoms with Crippen LogP contribution in [0.25, 0.3) is 0 Å². The van der Waals surface area contributed by atoms with Crippen molar-refractivity contribution in [3.63, 3.8) is 0 Å². The van der Waals surface area contributed by atoms with Crippen LogP contribution in [0.2, 0.25) is 20.1 Å². The summed E-state index contributed by atoms with van der Waals surface area (Å²) in [7, 11) is 3.16. The van der Waals surface area contributed by atoms with Crippen LogP contribution in [0.4, 0.5) is 0 Å². The van der Waals surface area contributed by atoms with Crippen LogP contribution in [0.5, 0.6) is 23.0 Å². The molecule has 0 aliphatic heterocycles. The normalized spacial score (nSPS) is 15.9. The van der Waals surface area contributed by atoms with E-state index < -0.39 is 0 Å². The van der Waals surface area contributed by atoms with Crippen LogP contribution in [0.3, 0.4) is 0 Å². The Labute approximate surface area is 282 Å². The summed E-state index contributed by atoms with van der Waals surface area (Å²) in [6, 6.07) is 21.2. The number of carbonyl (C=O) groups excluding carboxylic acids is 2. The molecule has 5 rings (SSSR count). The maximum atomic E-state index is 12.6. The van der Waals surface area contributed by atoms with Crippen molar-refractivity contribution < 1.29 is 28.5 Å². The lowest BCUT2D eigenvalue weighted by molar-refractivity contribution is 0.0912. The lowest BCUT2D eigenvalue weighted by Gasteiger charge is -2.17. The molecule has 1 aliphatic carbocycles. The second kappa shape index (κ2) is 14.8. The summed E-state index contributed by atoms with van der Waals surface area (Å²) in [4.78, 5) is 25.3.